The van der Waals surface area contributed by atoms with Gasteiger partial charge in [-0.3, -0.25) is 14.9 Å². The Morgan fingerprint density at radius 1 is 1.24 bits per heavy atom. The van der Waals surface area contributed by atoms with E-state index in [-0.39, 0.29) is 23.7 Å². The molecule has 1 amide bonds. The highest BCUT2D eigenvalue weighted by atomic mass is 16.6. The van der Waals surface area contributed by atoms with Crippen LogP contribution in [0.2, 0.25) is 0 Å². The zero-order chi connectivity index (χ0) is 18.0. The van der Waals surface area contributed by atoms with Gasteiger partial charge in [-0.15, -0.1) is 10.2 Å². The first-order valence-corrected chi connectivity index (χ1v) is 7.43. The number of non-ortho nitro benzene ring substituents is 1. The summed E-state index contributed by atoms with van der Waals surface area (Å²) in [6, 6.07) is 11.2. The molecular formula is C17H14N4O4. The number of azo groups is 1. The topological polar surface area (TPSA) is 121 Å². The molecule has 1 heterocycles. The number of nitro groups is 1. The summed E-state index contributed by atoms with van der Waals surface area (Å²) in [6.07, 6.45) is -0.0381. The summed E-state index contributed by atoms with van der Waals surface area (Å²) < 4.78 is 0. The summed E-state index contributed by atoms with van der Waals surface area (Å²) in [5.41, 5.74) is 2.43. The lowest BCUT2D eigenvalue weighted by Gasteiger charge is -1.97. The highest BCUT2D eigenvalue weighted by molar-refractivity contribution is 5.94. The number of hydrogen-bond acceptors (Lipinski definition) is 5. The second-order valence-corrected chi connectivity index (χ2v) is 5.57. The maximum Gasteiger partial charge on any atom is 0.269 e. The van der Waals surface area contributed by atoms with E-state index in [0.29, 0.717) is 16.5 Å². The van der Waals surface area contributed by atoms with E-state index in [9.17, 15) is 20.0 Å². The van der Waals surface area contributed by atoms with Gasteiger partial charge in [-0.2, -0.15) is 0 Å². The van der Waals surface area contributed by atoms with E-state index >= 15 is 0 Å². The first-order chi connectivity index (χ1) is 11.9. The number of H-pyrrole nitrogens is 1. The number of nitro benzene ring substituents is 1. The Hall–Kier alpha value is -3.55. The summed E-state index contributed by atoms with van der Waals surface area (Å²) in [5.74, 6) is -0.678. The summed E-state index contributed by atoms with van der Waals surface area (Å²) in [4.78, 5) is 24.8. The van der Waals surface area contributed by atoms with Gasteiger partial charge in [0.1, 0.15) is 0 Å². The molecule has 2 N–H and O–H groups in total. The van der Waals surface area contributed by atoms with Crippen molar-refractivity contribution >= 4 is 28.2 Å². The lowest BCUT2D eigenvalue weighted by Crippen LogP contribution is -1.98. The van der Waals surface area contributed by atoms with Crippen molar-refractivity contribution in [3.63, 3.8) is 0 Å². The predicted octanol–water partition coefficient (Wildman–Crippen LogP) is 3.94. The number of carbonyl (C=O) groups excluding carboxylic acids is 1. The summed E-state index contributed by atoms with van der Waals surface area (Å²) in [5, 5.41) is 28.7. The Balaban J connectivity index is 1.77. The molecule has 0 aliphatic carbocycles. The number of fused-ring (bicyclic) bond motifs is 1. The SMILES string of the molecule is Cc1ccc2[nH]c(O)c(N=NC(=O)Cc3ccc([N+](=O)[O-])cc3)c2c1. The quantitative estimate of drug-likeness (QED) is 0.425. The Morgan fingerprint density at radius 2 is 1.96 bits per heavy atom. The summed E-state index contributed by atoms with van der Waals surface area (Å²) >= 11 is 0. The molecule has 0 saturated carbocycles. The smallest absolute Gasteiger partial charge is 0.269 e. The third-order valence-corrected chi connectivity index (χ3v) is 3.67. The Morgan fingerprint density at radius 3 is 2.64 bits per heavy atom. The molecule has 3 rings (SSSR count). The molecule has 0 saturated heterocycles. The van der Waals surface area contributed by atoms with Crippen LogP contribution in [0.3, 0.4) is 0 Å². The third kappa shape index (κ3) is 3.52. The average molecular weight is 338 g/mol. The van der Waals surface area contributed by atoms with Crippen molar-refractivity contribution in [3.05, 3.63) is 63.7 Å². The second kappa shape index (κ2) is 6.52. The van der Waals surface area contributed by atoms with Crippen LogP contribution in [-0.4, -0.2) is 20.9 Å². The number of aromatic amines is 1. The molecule has 0 aliphatic rings. The van der Waals surface area contributed by atoms with E-state index in [0.717, 1.165) is 5.56 Å². The van der Waals surface area contributed by atoms with Gasteiger partial charge in [0.2, 0.25) is 5.88 Å². The van der Waals surface area contributed by atoms with Crippen molar-refractivity contribution in [2.24, 2.45) is 10.2 Å². The molecule has 2 aromatic carbocycles. The molecule has 0 atom stereocenters. The number of hydrogen-bond donors (Lipinski definition) is 2. The van der Waals surface area contributed by atoms with Gasteiger partial charge in [0.15, 0.2) is 5.69 Å². The molecule has 8 heteroatoms. The Bertz CT molecular complexity index is 990. The molecular weight excluding hydrogens is 324 g/mol. The van der Waals surface area contributed by atoms with Crippen molar-refractivity contribution < 1.29 is 14.8 Å². The van der Waals surface area contributed by atoms with Crippen LogP contribution in [0.15, 0.2) is 52.7 Å². The van der Waals surface area contributed by atoms with Gasteiger partial charge in [0.25, 0.3) is 11.6 Å². The molecule has 3 aromatic rings. The van der Waals surface area contributed by atoms with Crippen LogP contribution < -0.4 is 0 Å². The van der Waals surface area contributed by atoms with Crippen molar-refractivity contribution in [2.45, 2.75) is 13.3 Å². The third-order valence-electron chi connectivity index (χ3n) is 3.67. The maximum atomic E-state index is 12.0. The van der Waals surface area contributed by atoms with E-state index in [2.05, 4.69) is 15.2 Å². The van der Waals surface area contributed by atoms with Crippen LogP contribution in [0.4, 0.5) is 11.4 Å². The van der Waals surface area contributed by atoms with Gasteiger partial charge >= 0.3 is 0 Å². The van der Waals surface area contributed by atoms with Crippen LogP contribution in [0.5, 0.6) is 5.88 Å². The van der Waals surface area contributed by atoms with E-state index in [4.69, 9.17) is 0 Å². The van der Waals surface area contributed by atoms with E-state index < -0.39 is 10.8 Å². The number of nitrogens with zero attached hydrogens (tertiary/aromatic N) is 3. The number of aromatic hydroxyl groups is 1. The fraction of sp³-hybridized carbons (Fsp3) is 0.118. The largest absolute Gasteiger partial charge is 0.493 e. The minimum atomic E-state index is -0.518. The molecule has 0 radical (unpaired) electrons. The molecule has 0 spiro atoms. The highest BCUT2D eigenvalue weighted by Crippen LogP contribution is 2.35. The number of nitrogens with one attached hydrogen (secondary N) is 1. The number of rotatable bonds is 4. The predicted molar refractivity (Wildman–Crippen MR) is 91.0 cm³/mol. The fourth-order valence-electron chi connectivity index (χ4n) is 2.43. The molecule has 0 unspecified atom stereocenters. The van der Waals surface area contributed by atoms with Gasteiger partial charge in [-0.05, 0) is 24.6 Å². The Labute approximate surface area is 142 Å². The van der Waals surface area contributed by atoms with Crippen LogP contribution in [0.1, 0.15) is 11.1 Å². The van der Waals surface area contributed by atoms with Crippen LogP contribution in [0.25, 0.3) is 10.9 Å². The first-order valence-electron chi connectivity index (χ1n) is 7.43. The number of aromatic nitrogens is 1. The molecule has 0 fully saturated rings. The van der Waals surface area contributed by atoms with Gasteiger partial charge in [-0.1, -0.05) is 23.8 Å². The fourth-order valence-corrected chi connectivity index (χ4v) is 2.43. The Kier molecular flexibility index (Phi) is 4.25. The number of aryl methyl sites for hydroxylation is 1. The molecule has 8 nitrogen and oxygen atoms in total. The summed E-state index contributed by atoms with van der Waals surface area (Å²) in [7, 11) is 0. The van der Waals surface area contributed by atoms with Gasteiger partial charge in [0, 0.05) is 17.5 Å². The van der Waals surface area contributed by atoms with Crippen LogP contribution >= 0.6 is 0 Å². The zero-order valence-electron chi connectivity index (χ0n) is 13.3. The monoisotopic (exact) mass is 338 g/mol. The van der Waals surface area contributed by atoms with Crippen molar-refractivity contribution in [1.29, 1.82) is 0 Å². The molecule has 1 aromatic heterocycles. The standard InChI is InChI=1S/C17H14N4O4/c1-10-2-7-14-13(8-10)16(17(23)18-14)20-19-15(22)9-11-3-5-12(6-4-11)21(24)25/h2-8,18,23H,9H2,1H3. The normalized spacial score (nSPS) is 11.2. The maximum absolute atomic E-state index is 12.0. The lowest BCUT2D eigenvalue weighted by atomic mass is 10.1. The van der Waals surface area contributed by atoms with Crippen molar-refractivity contribution in [1.82, 2.24) is 4.98 Å². The van der Waals surface area contributed by atoms with E-state index in [1.54, 1.807) is 0 Å². The first kappa shape index (κ1) is 16.3. The number of benzene rings is 2. The van der Waals surface area contributed by atoms with E-state index in [1.807, 2.05) is 25.1 Å². The second-order valence-electron chi connectivity index (χ2n) is 5.57. The molecule has 0 bridgehead atoms. The summed E-state index contributed by atoms with van der Waals surface area (Å²) in [6.45, 7) is 1.91. The van der Waals surface area contributed by atoms with Crippen molar-refractivity contribution in [2.75, 3.05) is 0 Å². The minimum absolute atomic E-state index is 0.0381. The highest BCUT2D eigenvalue weighted by Gasteiger charge is 2.12. The molecule has 126 valence electrons. The zero-order valence-corrected chi connectivity index (χ0v) is 13.3. The minimum Gasteiger partial charge on any atom is -0.493 e. The molecule has 0 aliphatic heterocycles. The average Bonchev–Trinajstić information content (AvgIpc) is 2.88. The number of carbonyl (C=O) groups is 1. The molecule has 25 heavy (non-hydrogen) atoms. The lowest BCUT2D eigenvalue weighted by molar-refractivity contribution is -0.384. The van der Waals surface area contributed by atoms with Gasteiger partial charge < -0.3 is 10.1 Å². The van der Waals surface area contributed by atoms with Crippen LogP contribution in [-0.2, 0) is 11.2 Å². The van der Waals surface area contributed by atoms with Gasteiger partial charge in [-0.25, -0.2) is 0 Å². The number of amides is 1. The van der Waals surface area contributed by atoms with Crippen LogP contribution in [0, 0.1) is 17.0 Å². The van der Waals surface area contributed by atoms with E-state index in [1.165, 1.54) is 24.3 Å². The van der Waals surface area contributed by atoms with Crippen molar-refractivity contribution in [3.8, 4) is 5.88 Å². The van der Waals surface area contributed by atoms with Gasteiger partial charge in [0.05, 0.1) is 16.9 Å².